The predicted octanol–water partition coefficient (Wildman–Crippen LogP) is 5.29. The van der Waals surface area contributed by atoms with Crippen LogP contribution in [0.3, 0.4) is 0 Å². The number of rotatable bonds is 13. The molecular formula is C24H37FN2O. The Morgan fingerprint density at radius 3 is 2.39 bits per heavy atom. The maximum atomic E-state index is 14.0. The van der Waals surface area contributed by atoms with Crippen LogP contribution in [0.1, 0.15) is 51.7 Å². The molecule has 4 heteroatoms. The van der Waals surface area contributed by atoms with Crippen molar-refractivity contribution in [1.82, 2.24) is 4.90 Å². The average molecular weight is 389 g/mol. The zero-order valence-electron chi connectivity index (χ0n) is 17.9. The van der Waals surface area contributed by atoms with Crippen LogP contribution in [0.15, 0.2) is 48.6 Å². The van der Waals surface area contributed by atoms with Crippen molar-refractivity contribution in [2.75, 3.05) is 19.6 Å². The number of hydrogen-bond acceptors (Lipinski definition) is 3. The number of likely N-dealkylation sites (N-methyl/N-ethyl adjacent to an activating group) is 1. The molecule has 0 aliphatic rings. The quantitative estimate of drug-likeness (QED) is 0.356. The van der Waals surface area contributed by atoms with Gasteiger partial charge in [-0.15, -0.1) is 6.58 Å². The third-order valence-corrected chi connectivity index (χ3v) is 5.24. The van der Waals surface area contributed by atoms with Crippen molar-refractivity contribution in [2.45, 2.75) is 58.7 Å². The largest absolute Gasteiger partial charge is 0.391 e. The van der Waals surface area contributed by atoms with E-state index >= 15 is 0 Å². The Balaban J connectivity index is 2.74. The van der Waals surface area contributed by atoms with Crippen LogP contribution in [-0.4, -0.2) is 42.0 Å². The summed E-state index contributed by atoms with van der Waals surface area (Å²) in [4.78, 5) is 2.17. The summed E-state index contributed by atoms with van der Waals surface area (Å²) < 4.78 is 14.0. The Labute approximate surface area is 170 Å². The summed E-state index contributed by atoms with van der Waals surface area (Å²) in [6.45, 7) is 13.0. The Bertz CT molecular complexity index is 631. The van der Waals surface area contributed by atoms with E-state index in [1.165, 1.54) is 6.21 Å². The van der Waals surface area contributed by atoms with E-state index in [1.807, 2.05) is 36.4 Å². The summed E-state index contributed by atoms with van der Waals surface area (Å²) in [5, 5.41) is 18.4. The Morgan fingerprint density at radius 2 is 1.93 bits per heavy atom. The van der Waals surface area contributed by atoms with Crippen molar-refractivity contribution in [1.29, 1.82) is 5.41 Å². The van der Waals surface area contributed by atoms with E-state index in [2.05, 4.69) is 25.3 Å². The zero-order valence-corrected chi connectivity index (χ0v) is 17.9. The monoisotopic (exact) mass is 388 g/mol. The molecule has 0 saturated carbocycles. The van der Waals surface area contributed by atoms with Crippen LogP contribution in [0.25, 0.3) is 0 Å². The number of benzene rings is 1. The molecule has 2 unspecified atom stereocenters. The van der Waals surface area contributed by atoms with E-state index in [4.69, 9.17) is 5.41 Å². The first-order valence-electron chi connectivity index (χ1n) is 10.2. The van der Waals surface area contributed by atoms with Crippen molar-refractivity contribution >= 4 is 6.21 Å². The van der Waals surface area contributed by atoms with E-state index in [0.29, 0.717) is 18.7 Å². The molecule has 0 bridgehead atoms. The van der Waals surface area contributed by atoms with E-state index < -0.39 is 11.8 Å². The molecule has 0 spiro atoms. The molecule has 0 aromatic heterocycles. The first kappa shape index (κ1) is 24.3. The van der Waals surface area contributed by atoms with Crippen LogP contribution < -0.4 is 0 Å². The smallest absolute Gasteiger partial charge is 0.130 e. The molecule has 0 saturated heterocycles. The SMILES string of the molecule is C=CC/C=C(\C=N)CN(CC)CC(O)C(CC)Cc1ccc(C(C)(C)F)cc1. The number of allylic oxidation sites excluding steroid dienone is 2. The van der Waals surface area contributed by atoms with Gasteiger partial charge in [0.25, 0.3) is 0 Å². The number of hydrogen-bond donors (Lipinski definition) is 2. The molecule has 0 fully saturated rings. The van der Waals surface area contributed by atoms with Gasteiger partial charge < -0.3 is 10.5 Å². The Hall–Kier alpha value is -1.78. The summed E-state index contributed by atoms with van der Waals surface area (Å²) >= 11 is 0. The normalized spacial score (nSPS) is 14.8. The van der Waals surface area contributed by atoms with Crippen molar-refractivity contribution in [2.24, 2.45) is 5.92 Å². The number of alkyl halides is 1. The molecule has 2 atom stereocenters. The van der Waals surface area contributed by atoms with Gasteiger partial charge >= 0.3 is 0 Å². The van der Waals surface area contributed by atoms with Gasteiger partial charge in [0.05, 0.1) is 6.10 Å². The van der Waals surface area contributed by atoms with Crippen LogP contribution >= 0.6 is 0 Å². The second-order valence-corrected chi connectivity index (χ2v) is 7.88. The minimum Gasteiger partial charge on any atom is -0.391 e. The highest BCUT2D eigenvalue weighted by Crippen LogP contribution is 2.26. The van der Waals surface area contributed by atoms with Crippen LogP contribution in [0, 0.1) is 11.3 Å². The molecule has 0 amide bonds. The van der Waals surface area contributed by atoms with E-state index in [9.17, 15) is 9.50 Å². The molecule has 1 aromatic rings. The molecular weight excluding hydrogens is 351 g/mol. The second-order valence-electron chi connectivity index (χ2n) is 7.88. The van der Waals surface area contributed by atoms with Gasteiger partial charge in [0.1, 0.15) is 5.67 Å². The van der Waals surface area contributed by atoms with Gasteiger partial charge in [-0.1, -0.05) is 56.7 Å². The first-order chi connectivity index (χ1) is 13.2. The van der Waals surface area contributed by atoms with Crippen molar-refractivity contribution < 1.29 is 9.50 Å². The minimum atomic E-state index is -1.34. The molecule has 1 aromatic carbocycles. The van der Waals surface area contributed by atoms with Gasteiger partial charge in [0.15, 0.2) is 0 Å². The lowest BCUT2D eigenvalue weighted by Gasteiger charge is -2.28. The van der Waals surface area contributed by atoms with Crippen molar-refractivity contribution in [3.63, 3.8) is 0 Å². The minimum absolute atomic E-state index is 0.138. The molecule has 1 rings (SSSR count). The van der Waals surface area contributed by atoms with E-state index in [1.54, 1.807) is 13.8 Å². The van der Waals surface area contributed by atoms with Crippen molar-refractivity contribution in [3.8, 4) is 0 Å². The molecule has 28 heavy (non-hydrogen) atoms. The summed E-state index contributed by atoms with van der Waals surface area (Å²) in [5.41, 5.74) is 1.39. The number of nitrogens with one attached hydrogen (secondary N) is 1. The molecule has 0 aliphatic heterocycles. The van der Waals surface area contributed by atoms with Crippen LogP contribution in [0.2, 0.25) is 0 Å². The van der Waals surface area contributed by atoms with Crippen LogP contribution in [0.5, 0.6) is 0 Å². The lowest BCUT2D eigenvalue weighted by Crippen LogP contribution is -2.38. The van der Waals surface area contributed by atoms with Gasteiger partial charge in [-0.05, 0) is 55.9 Å². The average Bonchev–Trinajstić information content (AvgIpc) is 2.67. The molecule has 0 heterocycles. The van der Waals surface area contributed by atoms with Gasteiger partial charge in [-0.3, -0.25) is 4.90 Å². The number of aliphatic hydroxyl groups excluding tert-OH is 1. The number of halogens is 1. The fourth-order valence-corrected chi connectivity index (χ4v) is 3.27. The van der Waals surface area contributed by atoms with Crippen LogP contribution in [-0.2, 0) is 12.1 Å². The number of nitrogens with zero attached hydrogens (tertiary/aromatic N) is 1. The third-order valence-electron chi connectivity index (χ3n) is 5.24. The maximum absolute atomic E-state index is 14.0. The Kier molecular flexibility index (Phi) is 10.3. The highest BCUT2D eigenvalue weighted by Gasteiger charge is 2.22. The van der Waals surface area contributed by atoms with Gasteiger partial charge in [-0.2, -0.15) is 0 Å². The van der Waals surface area contributed by atoms with E-state index in [-0.39, 0.29) is 5.92 Å². The molecule has 0 radical (unpaired) electrons. The topological polar surface area (TPSA) is 47.3 Å². The summed E-state index contributed by atoms with van der Waals surface area (Å²) in [6, 6.07) is 7.62. The fraction of sp³-hybridized carbons (Fsp3) is 0.542. The summed E-state index contributed by atoms with van der Waals surface area (Å²) in [5.74, 6) is 0.138. The molecule has 156 valence electrons. The third kappa shape index (κ3) is 8.07. The maximum Gasteiger partial charge on any atom is 0.130 e. The lowest BCUT2D eigenvalue weighted by atomic mass is 9.90. The highest BCUT2D eigenvalue weighted by atomic mass is 19.1. The standard InChI is InChI=1S/C24H37FN2O/c1-6-9-10-20(16-26)17-27(8-3)18-23(28)21(7-2)15-19-11-13-22(14-12-19)24(4,5)25/h6,10-14,16,21,23,26,28H,1,7-9,15,17-18H2,2-5H3/b20-10+,26-16?. The molecule has 3 nitrogen and oxygen atoms in total. The fourth-order valence-electron chi connectivity index (χ4n) is 3.27. The van der Waals surface area contributed by atoms with Crippen molar-refractivity contribution in [3.05, 3.63) is 59.7 Å². The van der Waals surface area contributed by atoms with Gasteiger partial charge in [-0.25, -0.2) is 4.39 Å². The molecule has 0 aliphatic carbocycles. The molecule has 2 N–H and O–H groups in total. The second kappa shape index (κ2) is 11.9. The van der Waals surface area contributed by atoms with E-state index in [0.717, 1.165) is 36.9 Å². The Morgan fingerprint density at radius 1 is 1.29 bits per heavy atom. The van der Waals surface area contributed by atoms with Gasteiger partial charge in [0, 0.05) is 19.3 Å². The summed E-state index contributed by atoms with van der Waals surface area (Å²) in [7, 11) is 0. The first-order valence-corrected chi connectivity index (χ1v) is 10.2. The predicted molar refractivity (Wildman–Crippen MR) is 118 cm³/mol. The highest BCUT2D eigenvalue weighted by molar-refractivity contribution is 5.76. The van der Waals surface area contributed by atoms with Gasteiger partial charge in [0.2, 0.25) is 0 Å². The van der Waals surface area contributed by atoms with Crippen LogP contribution in [0.4, 0.5) is 4.39 Å². The number of aliphatic hydroxyl groups is 1. The lowest BCUT2D eigenvalue weighted by molar-refractivity contribution is 0.0667. The zero-order chi connectivity index (χ0) is 21.2. The summed E-state index contributed by atoms with van der Waals surface area (Å²) in [6.07, 6.45) is 7.13.